The number of nitriles is 1. The molecule has 0 atom stereocenters. The van der Waals surface area contributed by atoms with Crippen molar-refractivity contribution in [3.05, 3.63) is 103 Å². The Bertz CT molecular complexity index is 3150. The van der Waals surface area contributed by atoms with E-state index in [4.69, 9.17) is 16.7 Å². The number of nitrogens with one attached hydrogen (secondary N) is 1. The maximum absolute atomic E-state index is 12.5. The Hall–Kier alpha value is -7.40. The van der Waals surface area contributed by atoms with Gasteiger partial charge in [0.15, 0.2) is 5.75 Å². The average molecular weight is 859 g/mol. The summed E-state index contributed by atoms with van der Waals surface area (Å²) in [5, 5.41) is 55.4. The van der Waals surface area contributed by atoms with Crippen molar-refractivity contribution in [3.63, 3.8) is 0 Å². The topological polar surface area (TPSA) is 366 Å². The first-order chi connectivity index (χ1) is 27.7. The van der Waals surface area contributed by atoms with Gasteiger partial charge in [0.2, 0.25) is 0 Å². The van der Waals surface area contributed by atoms with Crippen molar-refractivity contribution in [1.82, 2.24) is 0 Å². The van der Waals surface area contributed by atoms with Crippen molar-refractivity contribution in [2.24, 2.45) is 30.7 Å². The van der Waals surface area contributed by atoms with Crippen LogP contribution in [0.1, 0.15) is 5.56 Å². The van der Waals surface area contributed by atoms with Crippen LogP contribution in [-0.4, -0.2) is 49.1 Å². The van der Waals surface area contributed by atoms with Gasteiger partial charge in [0, 0.05) is 17.4 Å². The third-order valence-electron chi connectivity index (χ3n) is 8.06. The highest BCUT2D eigenvalue weighted by atomic mass is 32.2. The molecule has 0 saturated carbocycles. The summed E-state index contributed by atoms with van der Waals surface area (Å²) in [5.41, 5.74) is 10.6. The van der Waals surface area contributed by atoms with E-state index >= 15 is 0 Å². The fourth-order valence-electron chi connectivity index (χ4n) is 5.32. The van der Waals surface area contributed by atoms with Gasteiger partial charge in [-0.3, -0.25) is 13.7 Å². The van der Waals surface area contributed by atoms with Crippen LogP contribution < -0.4 is 16.8 Å². The number of hydrogen-bond donors (Lipinski definition) is 8. The Morgan fingerprint density at radius 2 is 1.10 bits per heavy atom. The molecular weight excluding hydrogens is 833 g/mol. The first kappa shape index (κ1) is 41.2. The predicted octanol–water partition coefficient (Wildman–Crippen LogP) is 8.02. The maximum atomic E-state index is 12.5. The molecule has 0 aromatic heterocycles. The molecule has 0 spiro atoms. The summed E-state index contributed by atoms with van der Waals surface area (Å²) in [4.78, 5) is -2.77. The Kier molecular flexibility index (Phi) is 11.1. The van der Waals surface area contributed by atoms with E-state index in [0.29, 0.717) is 29.2 Å². The Morgan fingerprint density at radius 3 is 1.68 bits per heavy atom. The number of hydrogen-bond acceptors (Lipinski definition) is 18. The summed E-state index contributed by atoms with van der Waals surface area (Å²) in [6.07, 6.45) is 0. The van der Waals surface area contributed by atoms with E-state index in [0.717, 1.165) is 6.07 Å². The number of nitrogens with two attached hydrogens (primary N) is 2. The summed E-state index contributed by atoms with van der Waals surface area (Å²) >= 11 is 0. The largest absolute Gasteiger partial charge is 0.506 e. The molecule has 0 amide bonds. The minimum Gasteiger partial charge on any atom is -0.506 e. The SMILES string of the molecule is N#Cc1ccc(N=Nc2c(S(=O)(=O)O)cc3cc(S(=O)(=O)O)c(N=Nc4ccc(Nc5ccc(N=Nc6ccc(N)cc6O)cc5)c(S(=O)(=O)O)c4)c(N)c3c2O)cc1. The van der Waals surface area contributed by atoms with Gasteiger partial charge >= 0.3 is 0 Å². The van der Waals surface area contributed by atoms with Crippen LogP contribution in [0, 0.1) is 11.3 Å². The predicted molar refractivity (Wildman–Crippen MR) is 212 cm³/mol. The number of nitrogen functional groups attached to an aromatic ring is 2. The number of azo groups is 3. The number of benzene rings is 6. The second-order valence-corrected chi connectivity index (χ2v) is 16.3. The van der Waals surface area contributed by atoms with Crippen LogP contribution in [0.3, 0.4) is 0 Å². The molecule has 0 bridgehead atoms. The number of phenolic OH excluding ortho intramolecular Hbond substituents is 2. The number of anilines is 4. The minimum atomic E-state index is -5.24. The van der Waals surface area contributed by atoms with E-state index in [2.05, 4.69) is 36.0 Å². The normalized spacial score (nSPS) is 12.4. The van der Waals surface area contributed by atoms with Crippen molar-refractivity contribution in [2.75, 3.05) is 16.8 Å². The highest BCUT2D eigenvalue weighted by molar-refractivity contribution is 7.86. The van der Waals surface area contributed by atoms with Crippen molar-refractivity contribution in [2.45, 2.75) is 14.7 Å². The number of fused-ring (bicyclic) bond motifs is 1. The summed E-state index contributed by atoms with van der Waals surface area (Å²) in [7, 11) is -15.4. The lowest BCUT2D eigenvalue weighted by Gasteiger charge is -2.14. The van der Waals surface area contributed by atoms with Gasteiger partial charge < -0.3 is 27.0 Å². The summed E-state index contributed by atoms with van der Waals surface area (Å²) < 4.78 is 105. The fourth-order valence-corrected chi connectivity index (χ4v) is 7.31. The van der Waals surface area contributed by atoms with Gasteiger partial charge in [0.05, 0.1) is 45.5 Å². The zero-order chi connectivity index (χ0) is 42.9. The Labute approximate surface area is 333 Å². The van der Waals surface area contributed by atoms with Crippen LogP contribution in [-0.2, 0) is 30.4 Å². The molecule has 0 heterocycles. The number of phenols is 2. The lowest BCUT2D eigenvalue weighted by molar-refractivity contribution is 0.472. The van der Waals surface area contributed by atoms with Crippen LogP contribution >= 0.6 is 0 Å². The molecule has 24 heteroatoms. The lowest BCUT2D eigenvalue weighted by Crippen LogP contribution is -2.04. The van der Waals surface area contributed by atoms with Crippen LogP contribution in [0.25, 0.3) is 10.8 Å². The Balaban J connectivity index is 1.37. The Morgan fingerprint density at radius 1 is 0.576 bits per heavy atom. The molecule has 10 N–H and O–H groups in total. The third-order valence-corrected chi connectivity index (χ3v) is 10.7. The highest BCUT2D eigenvalue weighted by Crippen LogP contribution is 2.48. The smallest absolute Gasteiger partial charge is 0.296 e. The molecule has 0 aliphatic heterocycles. The molecule has 0 fully saturated rings. The third kappa shape index (κ3) is 9.26. The number of aromatic hydroxyl groups is 2. The van der Waals surface area contributed by atoms with Crippen molar-refractivity contribution in [1.29, 1.82) is 5.26 Å². The van der Waals surface area contributed by atoms with E-state index < -0.39 is 78.6 Å². The second-order valence-electron chi connectivity index (χ2n) is 12.1. The number of nitrogens with zero attached hydrogens (tertiary/aromatic N) is 7. The molecule has 6 aromatic carbocycles. The van der Waals surface area contributed by atoms with Gasteiger partial charge in [-0.05, 0) is 96.4 Å². The van der Waals surface area contributed by atoms with Crippen molar-refractivity contribution < 1.29 is 49.1 Å². The molecule has 0 saturated heterocycles. The lowest BCUT2D eigenvalue weighted by atomic mass is 10.1. The van der Waals surface area contributed by atoms with E-state index in [9.17, 15) is 49.1 Å². The van der Waals surface area contributed by atoms with E-state index in [1.165, 1.54) is 78.9 Å². The molecule has 0 aliphatic carbocycles. The van der Waals surface area contributed by atoms with Gasteiger partial charge in [0.1, 0.15) is 37.5 Å². The number of rotatable bonds is 11. The molecule has 0 radical (unpaired) electrons. The van der Waals surface area contributed by atoms with Gasteiger partial charge in [-0.25, -0.2) is 0 Å². The molecule has 0 aliphatic rings. The first-order valence-electron chi connectivity index (χ1n) is 16.1. The molecule has 59 heavy (non-hydrogen) atoms. The maximum Gasteiger partial charge on any atom is 0.296 e. The second kappa shape index (κ2) is 15.9. The van der Waals surface area contributed by atoms with Crippen LogP contribution in [0.2, 0.25) is 0 Å². The zero-order valence-electron chi connectivity index (χ0n) is 29.4. The average Bonchev–Trinajstić information content (AvgIpc) is 3.16. The van der Waals surface area contributed by atoms with Crippen molar-refractivity contribution >= 4 is 98.0 Å². The quantitative estimate of drug-likeness (QED) is 0.0347. The minimum absolute atomic E-state index is 0.0913. The van der Waals surface area contributed by atoms with Gasteiger partial charge in [0.25, 0.3) is 30.4 Å². The van der Waals surface area contributed by atoms with E-state index in [-0.39, 0.29) is 34.1 Å². The zero-order valence-corrected chi connectivity index (χ0v) is 31.9. The molecule has 6 rings (SSSR count). The highest BCUT2D eigenvalue weighted by Gasteiger charge is 2.28. The molecule has 21 nitrogen and oxygen atoms in total. The summed E-state index contributed by atoms with van der Waals surface area (Å²) in [6, 6.07) is 22.3. The monoisotopic (exact) mass is 858 g/mol. The van der Waals surface area contributed by atoms with Crippen LogP contribution in [0.15, 0.2) is 142 Å². The molecule has 0 unspecified atom stereocenters. The van der Waals surface area contributed by atoms with Crippen molar-refractivity contribution in [3.8, 4) is 17.6 Å². The van der Waals surface area contributed by atoms with Gasteiger partial charge in [-0.15, -0.1) is 15.3 Å². The summed E-state index contributed by atoms with van der Waals surface area (Å²) in [5.74, 6) is -1.21. The van der Waals surface area contributed by atoms with E-state index in [1.54, 1.807) is 0 Å². The standard InChI is InChI=1S/C35H26N10O11S3/c36-17-18-1-4-22(5-2-18)41-45-34-30(59(54,55)56)14-19-13-29(58(51,52)53)33(32(38)31(19)35(34)47)44-42-24-10-12-26(28(16-24)57(48,49)50)39-21-6-8-23(9-7-21)40-43-25-11-3-20(37)15-27(25)46/h1-16,39,46-47H,37-38H2,(H,48,49,50)(H,51,52,53)(H,54,55,56). The van der Waals surface area contributed by atoms with Gasteiger partial charge in [-0.2, -0.15) is 45.9 Å². The van der Waals surface area contributed by atoms with Gasteiger partial charge in [-0.1, -0.05) is 0 Å². The first-order valence-corrected chi connectivity index (χ1v) is 20.4. The summed E-state index contributed by atoms with van der Waals surface area (Å²) in [6.45, 7) is 0. The molecule has 300 valence electrons. The van der Waals surface area contributed by atoms with E-state index in [1.807, 2.05) is 6.07 Å². The van der Waals surface area contributed by atoms with Crippen LogP contribution in [0.5, 0.6) is 11.5 Å². The fraction of sp³-hybridized carbons (Fsp3) is 0. The van der Waals surface area contributed by atoms with Crippen LogP contribution in [0.4, 0.5) is 56.9 Å². The molecular formula is C35H26N10O11S3. The molecule has 6 aromatic rings.